The lowest BCUT2D eigenvalue weighted by atomic mass is 9.95. The van der Waals surface area contributed by atoms with Gasteiger partial charge in [0.25, 0.3) is 0 Å². The molecule has 0 saturated heterocycles. The molecule has 0 atom stereocenters. The Bertz CT molecular complexity index is 422. The van der Waals surface area contributed by atoms with Gasteiger partial charge in [0.1, 0.15) is 16.7 Å². The van der Waals surface area contributed by atoms with Crippen molar-refractivity contribution >= 4 is 17.6 Å². The molecule has 4 heteroatoms. The Hall–Kier alpha value is -0.770. The van der Waals surface area contributed by atoms with Gasteiger partial charge in [0.2, 0.25) is 0 Å². The number of aromatic nitrogens is 2. The smallest absolute Gasteiger partial charge is 0.137 e. The van der Waals surface area contributed by atoms with Crippen molar-refractivity contribution in [2.75, 3.05) is 11.9 Å². The van der Waals surface area contributed by atoms with E-state index in [-0.39, 0.29) is 5.41 Å². The van der Waals surface area contributed by atoms with Crippen LogP contribution in [0.5, 0.6) is 0 Å². The van der Waals surface area contributed by atoms with Gasteiger partial charge in [0.15, 0.2) is 0 Å². The molecule has 1 N–H and O–H groups in total. The summed E-state index contributed by atoms with van der Waals surface area (Å²) in [5.41, 5.74) is 1.14. The fourth-order valence-electron chi connectivity index (χ4n) is 1.59. The molecule has 0 bridgehead atoms. The lowest BCUT2D eigenvalue weighted by Gasteiger charge is -2.21. The van der Waals surface area contributed by atoms with Crippen molar-refractivity contribution < 1.29 is 0 Å². The van der Waals surface area contributed by atoms with Gasteiger partial charge >= 0.3 is 0 Å². The monoisotopic (exact) mass is 281 g/mol. The third kappa shape index (κ3) is 4.68. The summed E-state index contributed by atoms with van der Waals surface area (Å²) in [6.45, 7) is 16.1. The first-order valence-corrected chi connectivity index (χ1v) is 7.93. The lowest BCUT2D eigenvalue weighted by Crippen LogP contribution is -2.19. The molecule has 1 rings (SSSR count). The molecular formula is C15H27N3S. The van der Waals surface area contributed by atoms with Gasteiger partial charge in [0, 0.05) is 22.8 Å². The predicted molar refractivity (Wildman–Crippen MR) is 85.2 cm³/mol. The Morgan fingerprint density at radius 3 is 2.32 bits per heavy atom. The summed E-state index contributed by atoms with van der Waals surface area (Å²) < 4.78 is 0. The largest absolute Gasteiger partial charge is 0.370 e. The highest BCUT2D eigenvalue weighted by molar-refractivity contribution is 7.99. The van der Waals surface area contributed by atoms with Crippen molar-refractivity contribution in [1.82, 2.24) is 9.97 Å². The number of nitrogens with one attached hydrogen (secondary N) is 1. The molecular weight excluding hydrogens is 254 g/mol. The number of nitrogens with zero attached hydrogens (tertiary/aromatic N) is 2. The van der Waals surface area contributed by atoms with Crippen LogP contribution in [0.25, 0.3) is 0 Å². The van der Waals surface area contributed by atoms with Gasteiger partial charge in [-0.3, -0.25) is 0 Å². The zero-order chi connectivity index (χ0) is 14.6. The van der Waals surface area contributed by atoms with E-state index in [2.05, 4.69) is 53.8 Å². The summed E-state index contributed by atoms with van der Waals surface area (Å²) in [5.74, 6) is 1.91. The minimum Gasteiger partial charge on any atom is -0.370 e. The van der Waals surface area contributed by atoms with Crippen LogP contribution in [0.15, 0.2) is 5.03 Å². The van der Waals surface area contributed by atoms with Gasteiger partial charge in [-0.25, -0.2) is 9.97 Å². The number of anilines is 1. The third-order valence-corrected chi connectivity index (χ3v) is 3.75. The molecule has 3 nitrogen and oxygen atoms in total. The fraction of sp³-hybridized carbons (Fsp3) is 0.733. The minimum atomic E-state index is -0.0252. The molecule has 1 heterocycles. The maximum atomic E-state index is 4.76. The summed E-state index contributed by atoms with van der Waals surface area (Å²) in [7, 11) is 0. The van der Waals surface area contributed by atoms with Crippen molar-refractivity contribution in [3.8, 4) is 0 Å². The Kier molecular flexibility index (Phi) is 5.65. The Morgan fingerprint density at radius 1 is 1.21 bits per heavy atom. The number of thioether (sulfide) groups is 1. The van der Waals surface area contributed by atoms with Gasteiger partial charge in [-0.15, -0.1) is 11.8 Å². The first kappa shape index (κ1) is 16.3. The summed E-state index contributed by atoms with van der Waals surface area (Å²) >= 11 is 1.81. The topological polar surface area (TPSA) is 37.8 Å². The number of rotatable bonds is 5. The van der Waals surface area contributed by atoms with Crippen LogP contribution in [-0.4, -0.2) is 21.8 Å². The van der Waals surface area contributed by atoms with Crippen LogP contribution in [0, 0.1) is 6.92 Å². The molecule has 0 amide bonds. The third-order valence-electron chi connectivity index (χ3n) is 2.66. The highest BCUT2D eigenvalue weighted by Gasteiger charge is 2.21. The van der Waals surface area contributed by atoms with Gasteiger partial charge in [0.05, 0.1) is 0 Å². The van der Waals surface area contributed by atoms with Gasteiger partial charge in [-0.05, 0) is 13.3 Å². The van der Waals surface area contributed by atoms with Crippen molar-refractivity contribution in [3.05, 3.63) is 11.4 Å². The molecule has 0 aliphatic carbocycles. The zero-order valence-corrected chi connectivity index (χ0v) is 14.1. The number of hydrogen-bond donors (Lipinski definition) is 1. The average Bonchev–Trinajstić information content (AvgIpc) is 2.28. The summed E-state index contributed by atoms with van der Waals surface area (Å²) in [6, 6.07) is 0. The minimum absolute atomic E-state index is 0.0252. The van der Waals surface area contributed by atoms with Crippen LogP contribution < -0.4 is 5.32 Å². The molecule has 0 aromatic carbocycles. The SMILES string of the molecule is CCCNc1nc(C(C)(C)C)nc(SC(C)C)c1C. The van der Waals surface area contributed by atoms with Gasteiger partial charge in [-0.1, -0.05) is 41.5 Å². The van der Waals surface area contributed by atoms with Gasteiger partial charge in [-0.2, -0.15) is 0 Å². The van der Waals surface area contributed by atoms with E-state index in [4.69, 9.17) is 9.97 Å². The average molecular weight is 281 g/mol. The van der Waals surface area contributed by atoms with Crippen LogP contribution in [0.1, 0.15) is 59.4 Å². The molecule has 108 valence electrons. The second-order valence-electron chi connectivity index (χ2n) is 6.17. The van der Waals surface area contributed by atoms with E-state index in [9.17, 15) is 0 Å². The molecule has 0 spiro atoms. The lowest BCUT2D eigenvalue weighted by molar-refractivity contribution is 0.538. The molecule has 0 fully saturated rings. The predicted octanol–water partition coefficient (Wildman–Crippen LogP) is 4.40. The fourth-order valence-corrected chi connectivity index (χ4v) is 2.44. The maximum Gasteiger partial charge on any atom is 0.137 e. The molecule has 1 aromatic rings. The number of hydrogen-bond acceptors (Lipinski definition) is 4. The van der Waals surface area contributed by atoms with E-state index in [1.54, 1.807) is 0 Å². The normalized spacial score (nSPS) is 12.0. The van der Waals surface area contributed by atoms with Crippen LogP contribution in [0.2, 0.25) is 0 Å². The maximum absolute atomic E-state index is 4.76. The van der Waals surface area contributed by atoms with E-state index >= 15 is 0 Å². The summed E-state index contributed by atoms with van der Waals surface area (Å²) in [5, 5.41) is 5.06. The Labute approximate surface area is 122 Å². The molecule has 0 aliphatic rings. The summed E-state index contributed by atoms with van der Waals surface area (Å²) in [6.07, 6.45) is 1.10. The van der Waals surface area contributed by atoms with Crippen molar-refractivity contribution in [2.24, 2.45) is 0 Å². The molecule has 0 aliphatic heterocycles. The first-order valence-electron chi connectivity index (χ1n) is 7.05. The molecule has 0 radical (unpaired) electrons. The van der Waals surface area contributed by atoms with E-state index in [0.29, 0.717) is 5.25 Å². The second kappa shape index (κ2) is 6.60. The summed E-state index contributed by atoms with van der Waals surface area (Å²) in [4.78, 5) is 9.48. The molecule has 0 unspecified atom stereocenters. The van der Waals surface area contributed by atoms with E-state index < -0.39 is 0 Å². The molecule has 0 saturated carbocycles. The van der Waals surface area contributed by atoms with Crippen LogP contribution in [0.3, 0.4) is 0 Å². The second-order valence-corrected chi connectivity index (χ2v) is 7.73. The van der Waals surface area contributed by atoms with Crippen LogP contribution in [0.4, 0.5) is 5.82 Å². The molecule has 1 aromatic heterocycles. The van der Waals surface area contributed by atoms with Crippen molar-refractivity contribution in [3.63, 3.8) is 0 Å². The van der Waals surface area contributed by atoms with Crippen LogP contribution >= 0.6 is 11.8 Å². The Balaban J connectivity index is 3.21. The molecule has 19 heavy (non-hydrogen) atoms. The standard InChI is InChI=1S/C15H27N3S/c1-8-9-16-12-11(4)13(19-10(2)3)18-14(17-12)15(5,6)7/h10H,8-9H2,1-7H3,(H,16,17,18). The highest BCUT2D eigenvalue weighted by Crippen LogP contribution is 2.31. The van der Waals surface area contributed by atoms with E-state index in [0.717, 1.165) is 29.6 Å². The Morgan fingerprint density at radius 2 is 1.84 bits per heavy atom. The van der Waals surface area contributed by atoms with Crippen molar-refractivity contribution in [2.45, 2.75) is 70.6 Å². The quantitative estimate of drug-likeness (QED) is 0.641. The first-order chi connectivity index (χ1) is 8.75. The highest BCUT2D eigenvalue weighted by atomic mass is 32.2. The van der Waals surface area contributed by atoms with Crippen LogP contribution in [-0.2, 0) is 5.41 Å². The van der Waals surface area contributed by atoms with E-state index in [1.807, 2.05) is 11.8 Å². The van der Waals surface area contributed by atoms with Crippen molar-refractivity contribution in [1.29, 1.82) is 0 Å². The zero-order valence-electron chi connectivity index (χ0n) is 13.3. The van der Waals surface area contributed by atoms with Gasteiger partial charge < -0.3 is 5.32 Å². The van der Waals surface area contributed by atoms with E-state index in [1.165, 1.54) is 5.56 Å².